The average molecular weight is 529 g/mol. The number of rotatable bonds is 13. The van der Waals surface area contributed by atoms with Crippen LogP contribution >= 0.6 is 0 Å². The molecule has 4 N–H and O–H groups in total. The summed E-state index contributed by atoms with van der Waals surface area (Å²) in [5.74, 6) is -1.34. The molecule has 0 radical (unpaired) electrons. The number of nitrogens with one attached hydrogen (secondary N) is 2. The number of hydrogen-bond acceptors (Lipinski definition) is 5. The molecule has 4 amide bonds. The van der Waals surface area contributed by atoms with E-state index in [-0.39, 0.29) is 30.8 Å². The molecule has 1 aromatic rings. The Balaban J connectivity index is 2.52. The quantitative estimate of drug-likeness (QED) is 0.353. The number of carbonyl (C=O) groups is 4. The van der Waals surface area contributed by atoms with Crippen LogP contribution in [0.15, 0.2) is 30.8 Å². The van der Waals surface area contributed by atoms with E-state index in [1.165, 1.54) is 0 Å². The van der Waals surface area contributed by atoms with Gasteiger partial charge in [-0.15, -0.1) is 0 Å². The maximum absolute atomic E-state index is 14.2. The van der Waals surface area contributed by atoms with Gasteiger partial charge in [0, 0.05) is 18.5 Å². The van der Waals surface area contributed by atoms with E-state index < -0.39 is 35.6 Å². The number of benzene rings is 1. The normalized spacial score (nSPS) is 15.8. The van der Waals surface area contributed by atoms with E-state index in [0.29, 0.717) is 5.56 Å². The first-order chi connectivity index (χ1) is 17.9. The van der Waals surface area contributed by atoms with E-state index in [0.717, 1.165) is 37.7 Å². The molecule has 38 heavy (non-hydrogen) atoms. The summed E-state index contributed by atoms with van der Waals surface area (Å²) in [6.07, 6.45) is 4.88. The summed E-state index contributed by atoms with van der Waals surface area (Å²) < 4.78 is 5.38. The van der Waals surface area contributed by atoms with Crippen molar-refractivity contribution in [1.82, 2.24) is 15.5 Å². The lowest BCUT2D eigenvalue weighted by Crippen LogP contribution is -2.58. The van der Waals surface area contributed by atoms with Gasteiger partial charge in [-0.25, -0.2) is 4.79 Å². The molecule has 9 nitrogen and oxygen atoms in total. The van der Waals surface area contributed by atoms with Gasteiger partial charge in [0.15, 0.2) is 0 Å². The third-order valence-corrected chi connectivity index (χ3v) is 6.49. The Kier molecular flexibility index (Phi) is 11.4. The fourth-order valence-corrected chi connectivity index (χ4v) is 4.48. The maximum atomic E-state index is 14.2. The summed E-state index contributed by atoms with van der Waals surface area (Å²) in [4.78, 5) is 53.8. The molecule has 1 saturated carbocycles. The van der Waals surface area contributed by atoms with E-state index >= 15 is 0 Å². The van der Waals surface area contributed by atoms with Crippen LogP contribution in [-0.2, 0) is 19.1 Å². The van der Waals surface area contributed by atoms with E-state index in [1.807, 2.05) is 38.1 Å². The van der Waals surface area contributed by atoms with Crippen molar-refractivity contribution >= 4 is 29.9 Å². The summed E-state index contributed by atoms with van der Waals surface area (Å²) >= 11 is 0. The lowest BCUT2D eigenvalue weighted by atomic mass is 9.87. The van der Waals surface area contributed by atoms with Crippen molar-refractivity contribution in [3.05, 3.63) is 42.0 Å². The number of amides is 4. The zero-order valence-corrected chi connectivity index (χ0v) is 23.4. The predicted octanol–water partition coefficient (Wildman–Crippen LogP) is 4.22. The average Bonchev–Trinajstić information content (AvgIpc) is 2.78. The number of carbonyl (C=O) groups excluding carboxylic acids is 4. The summed E-state index contributed by atoms with van der Waals surface area (Å²) in [6.45, 7) is 13.0. The lowest BCUT2D eigenvalue weighted by Gasteiger charge is -2.44. The van der Waals surface area contributed by atoms with Gasteiger partial charge in [-0.1, -0.05) is 44.2 Å². The van der Waals surface area contributed by atoms with E-state index in [2.05, 4.69) is 17.2 Å². The number of primary amides is 1. The van der Waals surface area contributed by atoms with Gasteiger partial charge in [-0.05, 0) is 77.0 Å². The Bertz CT molecular complexity index is 999. The van der Waals surface area contributed by atoms with Crippen molar-refractivity contribution in [3.8, 4) is 0 Å². The molecular formula is C29H44N4O5. The van der Waals surface area contributed by atoms with Crippen LogP contribution in [0.2, 0.25) is 0 Å². The molecule has 1 aliphatic carbocycles. The number of hydrogen-bond donors (Lipinski definition) is 3. The third-order valence-electron chi connectivity index (χ3n) is 6.49. The highest BCUT2D eigenvalue weighted by Gasteiger charge is 2.42. The van der Waals surface area contributed by atoms with Crippen LogP contribution < -0.4 is 16.4 Å². The molecule has 0 aliphatic heterocycles. The smallest absolute Gasteiger partial charge is 0.408 e. The van der Waals surface area contributed by atoms with Crippen LogP contribution in [-0.4, -0.2) is 52.4 Å². The minimum atomic E-state index is -1.09. The standard InChI is InChI=1S/C29H44N4O5/c1-7-11-19(3)31-26(35)25(21-13-9-12-20(8-2)18-21)33(22-14-10-15-22)27(36)23(16-17-24(30)34)32-28(37)38-29(4,5)6/h8-9,12-13,18-19,22-23,25H,2,7,10-11,14-17H2,1,3-6H3,(H2,30,34)(H,31,35)(H,32,37). The van der Waals surface area contributed by atoms with E-state index in [9.17, 15) is 19.2 Å². The highest BCUT2D eigenvalue weighted by molar-refractivity contribution is 5.93. The molecule has 0 saturated heterocycles. The zero-order valence-electron chi connectivity index (χ0n) is 23.4. The monoisotopic (exact) mass is 528 g/mol. The highest BCUT2D eigenvalue weighted by Crippen LogP contribution is 2.34. The first kappa shape index (κ1) is 30.9. The molecule has 0 bridgehead atoms. The molecule has 3 unspecified atom stereocenters. The summed E-state index contributed by atoms with van der Waals surface area (Å²) in [5.41, 5.74) is 6.07. The summed E-state index contributed by atoms with van der Waals surface area (Å²) in [5, 5.41) is 5.70. The van der Waals surface area contributed by atoms with Gasteiger partial charge >= 0.3 is 6.09 Å². The molecule has 9 heteroatoms. The van der Waals surface area contributed by atoms with Gasteiger partial charge < -0.3 is 26.0 Å². The fraction of sp³-hybridized carbons (Fsp3) is 0.586. The molecule has 210 valence electrons. The van der Waals surface area contributed by atoms with Gasteiger partial charge in [-0.3, -0.25) is 14.4 Å². The predicted molar refractivity (Wildman–Crippen MR) is 148 cm³/mol. The number of nitrogens with two attached hydrogens (primary N) is 1. The Morgan fingerprint density at radius 3 is 2.39 bits per heavy atom. The largest absolute Gasteiger partial charge is 0.444 e. The van der Waals surface area contributed by atoms with Crippen molar-refractivity contribution in [2.75, 3.05) is 0 Å². The van der Waals surface area contributed by atoms with Crippen molar-refractivity contribution in [3.63, 3.8) is 0 Å². The first-order valence-corrected chi connectivity index (χ1v) is 13.5. The molecule has 3 atom stereocenters. The van der Waals surface area contributed by atoms with Crippen LogP contribution in [0.3, 0.4) is 0 Å². The second-order valence-corrected chi connectivity index (χ2v) is 11.0. The first-order valence-electron chi connectivity index (χ1n) is 13.5. The van der Waals surface area contributed by atoms with Gasteiger partial charge in [0.05, 0.1) is 0 Å². The van der Waals surface area contributed by atoms with Crippen LogP contribution in [0.25, 0.3) is 6.08 Å². The minimum absolute atomic E-state index is 0.0100. The molecule has 0 spiro atoms. The Hall–Kier alpha value is -3.36. The SMILES string of the molecule is C=Cc1cccc(C(C(=O)NC(C)CCC)N(C(=O)C(CCC(N)=O)NC(=O)OC(C)(C)C)C2CCC2)c1. The molecule has 1 aliphatic rings. The van der Waals surface area contributed by atoms with Crippen LogP contribution in [0, 0.1) is 0 Å². The number of ether oxygens (including phenoxy) is 1. The molecule has 0 heterocycles. The molecule has 0 aromatic heterocycles. The minimum Gasteiger partial charge on any atom is -0.444 e. The zero-order chi connectivity index (χ0) is 28.5. The van der Waals surface area contributed by atoms with Gasteiger partial charge in [-0.2, -0.15) is 0 Å². The fourth-order valence-electron chi connectivity index (χ4n) is 4.48. The molecule has 1 aromatic carbocycles. The van der Waals surface area contributed by atoms with Crippen molar-refractivity contribution < 1.29 is 23.9 Å². The van der Waals surface area contributed by atoms with Crippen LogP contribution in [0.5, 0.6) is 0 Å². The number of alkyl carbamates (subject to hydrolysis) is 1. The Labute approximate surface area is 226 Å². The molecule has 2 rings (SSSR count). The molecule has 1 fully saturated rings. The lowest BCUT2D eigenvalue weighted by molar-refractivity contribution is -0.148. The Morgan fingerprint density at radius 1 is 1.18 bits per heavy atom. The summed E-state index contributed by atoms with van der Waals surface area (Å²) in [7, 11) is 0. The van der Waals surface area contributed by atoms with Crippen molar-refractivity contribution in [2.45, 2.75) is 109 Å². The number of nitrogens with zero attached hydrogens (tertiary/aromatic N) is 1. The van der Waals surface area contributed by atoms with Crippen molar-refractivity contribution in [1.29, 1.82) is 0 Å². The second-order valence-electron chi connectivity index (χ2n) is 11.0. The van der Waals surface area contributed by atoms with Crippen LogP contribution in [0.1, 0.15) is 96.7 Å². The van der Waals surface area contributed by atoms with Crippen molar-refractivity contribution in [2.24, 2.45) is 5.73 Å². The maximum Gasteiger partial charge on any atom is 0.408 e. The Morgan fingerprint density at radius 2 is 1.87 bits per heavy atom. The van der Waals surface area contributed by atoms with Crippen LogP contribution in [0.4, 0.5) is 4.79 Å². The topological polar surface area (TPSA) is 131 Å². The highest BCUT2D eigenvalue weighted by atomic mass is 16.6. The van der Waals surface area contributed by atoms with Gasteiger partial charge in [0.2, 0.25) is 17.7 Å². The van der Waals surface area contributed by atoms with Gasteiger partial charge in [0.1, 0.15) is 17.7 Å². The second kappa shape index (κ2) is 14.0. The van der Waals surface area contributed by atoms with Gasteiger partial charge in [0.25, 0.3) is 0 Å². The molecular weight excluding hydrogens is 484 g/mol. The third kappa shape index (κ3) is 9.19. The summed E-state index contributed by atoms with van der Waals surface area (Å²) in [6, 6.07) is 5.08. The van der Waals surface area contributed by atoms with E-state index in [4.69, 9.17) is 10.5 Å². The van der Waals surface area contributed by atoms with E-state index in [1.54, 1.807) is 31.7 Å².